The van der Waals surface area contributed by atoms with Crippen molar-refractivity contribution in [3.8, 4) is 0 Å². The molecule has 0 aliphatic rings. The molecule has 7 heteroatoms. The average Bonchev–Trinajstić information content (AvgIpc) is 2.49. The van der Waals surface area contributed by atoms with E-state index in [9.17, 15) is 4.79 Å². The molecule has 0 fully saturated rings. The van der Waals surface area contributed by atoms with E-state index in [1.54, 1.807) is 6.92 Å². The number of nitrogens with zero attached hydrogens (tertiary/aromatic N) is 2. The highest BCUT2D eigenvalue weighted by molar-refractivity contribution is 8.01. The fourth-order valence-corrected chi connectivity index (χ4v) is 2.40. The molecular formula is C6H7N2O2S3. The molecule has 1 aromatic rings. The van der Waals surface area contributed by atoms with Crippen LogP contribution in [0.5, 0.6) is 0 Å². The molecule has 1 aromatic heterocycles. The molecular weight excluding hydrogens is 228 g/mol. The number of hydrogen-bond donors (Lipinski definition) is 0. The number of carbonyl (C=O) groups is 1. The molecule has 0 N–H and O–H groups in total. The number of esters is 1. The molecule has 4 nitrogen and oxygen atoms in total. The second-order valence-electron chi connectivity index (χ2n) is 1.93. The van der Waals surface area contributed by atoms with Gasteiger partial charge in [0.1, 0.15) is 0 Å². The highest BCUT2D eigenvalue weighted by atomic mass is 32.2. The minimum absolute atomic E-state index is 0.242. The molecule has 0 bridgehead atoms. The van der Waals surface area contributed by atoms with E-state index in [0.717, 1.165) is 0 Å². The third-order valence-corrected chi connectivity index (χ3v) is 3.16. The molecule has 0 aliphatic heterocycles. The Bertz CT molecular complexity index is 289. The third kappa shape index (κ3) is 3.88. The van der Waals surface area contributed by atoms with E-state index in [1.807, 2.05) is 0 Å². The Kier molecular flexibility index (Phi) is 4.40. The fourth-order valence-electron chi connectivity index (χ4n) is 0.579. The molecule has 0 saturated heterocycles. The van der Waals surface area contributed by atoms with Gasteiger partial charge in [0.05, 0.1) is 12.4 Å². The Morgan fingerprint density at radius 2 is 2.46 bits per heavy atom. The van der Waals surface area contributed by atoms with Gasteiger partial charge in [0.15, 0.2) is 4.34 Å². The Morgan fingerprint density at radius 3 is 3.00 bits per heavy atom. The zero-order valence-electron chi connectivity index (χ0n) is 6.85. The molecule has 0 aliphatic carbocycles. The van der Waals surface area contributed by atoms with Gasteiger partial charge in [-0.15, -0.1) is 10.2 Å². The van der Waals surface area contributed by atoms with E-state index in [-0.39, 0.29) is 11.7 Å². The first-order valence-electron chi connectivity index (χ1n) is 3.51. The van der Waals surface area contributed by atoms with Crippen LogP contribution in [0.2, 0.25) is 0 Å². The van der Waals surface area contributed by atoms with Gasteiger partial charge < -0.3 is 4.74 Å². The molecule has 0 saturated carbocycles. The molecule has 1 rings (SSSR count). The SMILES string of the molecule is CCOC(=O)CSc1nnc([S])s1. The maximum Gasteiger partial charge on any atom is 0.316 e. The Hall–Kier alpha value is -0.400. The average molecular weight is 235 g/mol. The van der Waals surface area contributed by atoms with Crippen molar-refractivity contribution < 1.29 is 9.53 Å². The van der Waals surface area contributed by atoms with Crippen LogP contribution in [0.1, 0.15) is 6.92 Å². The van der Waals surface area contributed by atoms with E-state index in [4.69, 9.17) is 17.4 Å². The predicted molar refractivity (Wildman–Crippen MR) is 53.1 cm³/mol. The van der Waals surface area contributed by atoms with Gasteiger partial charge in [-0.1, -0.05) is 23.1 Å². The maximum absolute atomic E-state index is 10.9. The summed E-state index contributed by atoms with van der Waals surface area (Å²) >= 11 is 7.37. The zero-order valence-corrected chi connectivity index (χ0v) is 9.30. The second kappa shape index (κ2) is 5.36. The highest BCUT2D eigenvalue weighted by Crippen LogP contribution is 2.23. The van der Waals surface area contributed by atoms with Crippen molar-refractivity contribution in [2.24, 2.45) is 0 Å². The van der Waals surface area contributed by atoms with E-state index in [2.05, 4.69) is 10.2 Å². The summed E-state index contributed by atoms with van der Waals surface area (Å²) in [7, 11) is 0. The lowest BCUT2D eigenvalue weighted by Gasteiger charge is -1.97. The summed E-state index contributed by atoms with van der Waals surface area (Å²) in [6.45, 7) is 2.18. The Balaban J connectivity index is 2.30. The van der Waals surface area contributed by atoms with Gasteiger partial charge in [0.2, 0.25) is 4.34 Å². The number of thioether (sulfide) groups is 1. The van der Waals surface area contributed by atoms with Gasteiger partial charge in [-0.2, -0.15) is 0 Å². The predicted octanol–water partition coefficient (Wildman–Crippen LogP) is 1.75. The van der Waals surface area contributed by atoms with Gasteiger partial charge >= 0.3 is 5.97 Å². The number of rotatable bonds is 4. The maximum atomic E-state index is 10.9. The minimum Gasteiger partial charge on any atom is -0.465 e. The smallest absolute Gasteiger partial charge is 0.316 e. The van der Waals surface area contributed by atoms with Crippen LogP contribution in [0.15, 0.2) is 8.68 Å². The summed E-state index contributed by atoms with van der Waals surface area (Å²) in [5, 5.41) is 7.42. The number of ether oxygens (including phenoxy) is 1. The van der Waals surface area contributed by atoms with Crippen molar-refractivity contribution in [3.05, 3.63) is 0 Å². The molecule has 1 radical (unpaired) electrons. The monoisotopic (exact) mass is 235 g/mol. The van der Waals surface area contributed by atoms with Crippen LogP contribution in [0, 0.1) is 0 Å². The molecule has 71 valence electrons. The summed E-state index contributed by atoms with van der Waals surface area (Å²) in [5.41, 5.74) is 0. The van der Waals surface area contributed by atoms with Crippen molar-refractivity contribution in [1.82, 2.24) is 10.2 Å². The summed E-state index contributed by atoms with van der Waals surface area (Å²) < 4.78 is 5.94. The molecule has 1 heterocycles. The van der Waals surface area contributed by atoms with Gasteiger partial charge in [-0.3, -0.25) is 4.79 Å². The van der Waals surface area contributed by atoms with Crippen LogP contribution >= 0.6 is 35.7 Å². The lowest BCUT2D eigenvalue weighted by atomic mass is 10.8. The number of hydrogen-bond acceptors (Lipinski definition) is 6. The largest absolute Gasteiger partial charge is 0.465 e. The normalized spacial score (nSPS) is 9.92. The van der Waals surface area contributed by atoms with Crippen molar-refractivity contribution in [3.63, 3.8) is 0 Å². The minimum atomic E-state index is -0.242. The number of carbonyl (C=O) groups excluding carboxylic acids is 1. The Labute approximate surface area is 89.5 Å². The van der Waals surface area contributed by atoms with Crippen LogP contribution < -0.4 is 0 Å². The molecule has 13 heavy (non-hydrogen) atoms. The van der Waals surface area contributed by atoms with E-state index < -0.39 is 0 Å². The topological polar surface area (TPSA) is 52.1 Å². The standard InChI is InChI=1S/C6H7N2O2S3/c1-2-10-4(9)3-12-6-8-7-5(11)13-6/h2-3H2,1H3. The van der Waals surface area contributed by atoms with Crippen LogP contribution in [0.25, 0.3) is 0 Å². The van der Waals surface area contributed by atoms with E-state index >= 15 is 0 Å². The molecule has 0 atom stereocenters. The summed E-state index contributed by atoms with van der Waals surface area (Å²) in [4.78, 5) is 10.9. The lowest BCUT2D eigenvalue weighted by molar-refractivity contribution is -0.139. The van der Waals surface area contributed by atoms with Crippen molar-refractivity contribution in [2.75, 3.05) is 12.4 Å². The number of aromatic nitrogens is 2. The molecule has 0 amide bonds. The first-order chi connectivity index (χ1) is 6.22. The molecule has 0 spiro atoms. The van der Waals surface area contributed by atoms with Crippen molar-refractivity contribution in [2.45, 2.75) is 15.6 Å². The quantitative estimate of drug-likeness (QED) is 0.588. The van der Waals surface area contributed by atoms with Crippen molar-refractivity contribution >= 4 is 41.7 Å². The van der Waals surface area contributed by atoms with Gasteiger partial charge in [-0.25, -0.2) is 0 Å². The van der Waals surface area contributed by atoms with E-state index in [0.29, 0.717) is 15.3 Å². The van der Waals surface area contributed by atoms with Crippen LogP contribution in [-0.4, -0.2) is 28.5 Å². The third-order valence-electron chi connectivity index (χ3n) is 1.01. The van der Waals surface area contributed by atoms with Gasteiger partial charge in [0.25, 0.3) is 0 Å². The lowest BCUT2D eigenvalue weighted by Crippen LogP contribution is -2.06. The zero-order chi connectivity index (χ0) is 9.68. The Morgan fingerprint density at radius 1 is 1.69 bits per heavy atom. The second-order valence-corrected chi connectivity index (χ2v) is 4.77. The first-order valence-corrected chi connectivity index (χ1v) is 5.72. The first kappa shape index (κ1) is 10.7. The van der Waals surface area contributed by atoms with Crippen LogP contribution in [-0.2, 0) is 9.53 Å². The summed E-state index contributed by atoms with van der Waals surface area (Å²) in [6.07, 6.45) is 0. The van der Waals surface area contributed by atoms with Crippen molar-refractivity contribution in [1.29, 1.82) is 0 Å². The van der Waals surface area contributed by atoms with Crippen LogP contribution in [0.3, 0.4) is 0 Å². The van der Waals surface area contributed by atoms with Crippen LogP contribution in [0.4, 0.5) is 0 Å². The molecule has 0 unspecified atom stereocenters. The van der Waals surface area contributed by atoms with Gasteiger partial charge in [0, 0.05) is 0 Å². The fraction of sp³-hybridized carbons (Fsp3) is 0.500. The summed E-state index contributed by atoms with van der Waals surface area (Å²) in [5.74, 6) is 0.0197. The molecule has 0 aromatic carbocycles. The van der Waals surface area contributed by atoms with Gasteiger partial charge in [-0.05, 0) is 19.6 Å². The summed E-state index contributed by atoms with van der Waals surface area (Å²) in [6, 6.07) is 0. The highest BCUT2D eigenvalue weighted by Gasteiger charge is 2.06. The van der Waals surface area contributed by atoms with E-state index in [1.165, 1.54) is 23.1 Å².